The van der Waals surface area contributed by atoms with Gasteiger partial charge in [0.25, 0.3) is 0 Å². The van der Waals surface area contributed by atoms with Gasteiger partial charge in [0.2, 0.25) is 5.91 Å². The molecule has 4 heteroatoms. The molecule has 0 radical (unpaired) electrons. The van der Waals surface area contributed by atoms with Gasteiger partial charge >= 0.3 is 0 Å². The van der Waals surface area contributed by atoms with E-state index in [0.717, 1.165) is 44.6 Å². The number of piperidine rings is 1. The van der Waals surface area contributed by atoms with Crippen LogP contribution in [0.5, 0.6) is 5.75 Å². The van der Waals surface area contributed by atoms with Gasteiger partial charge in [-0.25, -0.2) is 0 Å². The van der Waals surface area contributed by atoms with Crippen molar-refractivity contribution in [3.05, 3.63) is 66.2 Å². The topological polar surface area (TPSA) is 50.4 Å². The van der Waals surface area contributed by atoms with Crippen molar-refractivity contribution in [1.82, 2.24) is 10.6 Å². The lowest BCUT2D eigenvalue weighted by molar-refractivity contribution is -0.118. The third kappa shape index (κ3) is 9.93. The van der Waals surface area contributed by atoms with Crippen LogP contribution in [-0.4, -0.2) is 31.6 Å². The maximum atomic E-state index is 10.4. The number of ether oxygens (including phenoxy) is 1. The van der Waals surface area contributed by atoms with Crippen molar-refractivity contribution >= 4 is 5.91 Å². The lowest BCUT2D eigenvalue weighted by Gasteiger charge is -2.32. The molecule has 1 fully saturated rings. The summed E-state index contributed by atoms with van der Waals surface area (Å²) in [4.78, 5) is 10.4. The Hall–Kier alpha value is -2.33. The van der Waals surface area contributed by atoms with Crippen LogP contribution in [0.4, 0.5) is 0 Å². The number of para-hydroxylation sites is 1. The average molecular weight is 411 g/mol. The van der Waals surface area contributed by atoms with Crippen LogP contribution >= 0.6 is 0 Å². The van der Waals surface area contributed by atoms with E-state index >= 15 is 0 Å². The second-order valence-electron chi connectivity index (χ2n) is 7.96. The summed E-state index contributed by atoms with van der Waals surface area (Å²) in [5.74, 6) is 1.60. The summed E-state index contributed by atoms with van der Waals surface area (Å²) in [7, 11) is 0. The molecule has 1 aliphatic rings. The quantitative estimate of drug-likeness (QED) is 0.573. The number of nitrogens with one attached hydrogen (secondary N) is 2. The van der Waals surface area contributed by atoms with E-state index in [1.165, 1.54) is 24.8 Å². The van der Waals surface area contributed by atoms with Crippen LogP contribution in [0.2, 0.25) is 0 Å². The number of carbonyl (C=O) groups excluding carboxylic acids is 1. The third-order valence-corrected chi connectivity index (χ3v) is 5.31. The van der Waals surface area contributed by atoms with E-state index in [-0.39, 0.29) is 5.91 Å². The van der Waals surface area contributed by atoms with Crippen molar-refractivity contribution < 1.29 is 9.53 Å². The number of amides is 1. The smallest absolute Gasteiger partial charge is 0.216 e. The Kier molecular flexibility index (Phi) is 11.7. The standard InChI is InChI=1S/C18H21NO.C8H17NO/c1-3-7-15(8-4-1)13-16-14-19-12-11-18(16)20-17-9-5-2-6-10-17;1-3-4-5-6-7-9-8(2)10/h1-10,16,18-19H,11-14H2;3-7H2,1-2H3,(H,9,10). The molecule has 1 heterocycles. The normalized spacial score (nSPS) is 18.1. The van der Waals surface area contributed by atoms with E-state index in [1.54, 1.807) is 6.92 Å². The molecule has 0 saturated carbocycles. The van der Waals surface area contributed by atoms with Crippen molar-refractivity contribution in [2.75, 3.05) is 19.6 Å². The Balaban J connectivity index is 0.000000274. The highest BCUT2D eigenvalue weighted by Crippen LogP contribution is 2.23. The van der Waals surface area contributed by atoms with Crippen molar-refractivity contribution in [2.24, 2.45) is 5.92 Å². The molecule has 0 spiro atoms. The molecule has 1 saturated heterocycles. The molecule has 1 amide bonds. The van der Waals surface area contributed by atoms with E-state index in [1.807, 2.05) is 30.3 Å². The van der Waals surface area contributed by atoms with Gasteiger partial charge in [0.05, 0.1) is 0 Å². The highest BCUT2D eigenvalue weighted by Gasteiger charge is 2.26. The minimum absolute atomic E-state index is 0.0801. The Bertz CT molecular complexity index is 641. The van der Waals surface area contributed by atoms with Crippen LogP contribution in [0.25, 0.3) is 0 Å². The molecule has 4 nitrogen and oxygen atoms in total. The monoisotopic (exact) mass is 410 g/mol. The summed E-state index contributed by atoms with van der Waals surface area (Å²) < 4.78 is 6.20. The number of hydrogen-bond donors (Lipinski definition) is 2. The molecular weight excluding hydrogens is 372 g/mol. The van der Waals surface area contributed by atoms with Crippen molar-refractivity contribution in [3.63, 3.8) is 0 Å². The van der Waals surface area contributed by atoms with Crippen LogP contribution in [-0.2, 0) is 11.2 Å². The summed E-state index contributed by atoms with van der Waals surface area (Å²) in [6.45, 7) is 6.66. The van der Waals surface area contributed by atoms with Crippen LogP contribution in [0.1, 0.15) is 51.5 Å². The molecule has 2 N–H and O–H groups in total. The van der Waals surface area contributed by atoms with Crippen LogP contribution in [0.3, 0.4) is 0 Å². The summed E-state index contributed by atoms with van der Waals surface area (Å²) in [5, 5.41) is 6.26. The predicted octanol–water partition coefficient (Wildman–Crippen LogP) is 4.99. The number of benzene rings is 2. The van der Waals surface area contributed by atoms with Gasteiger partial charge in [-0.15, -0.1) is 0 Å². The Morgan fingerprint density at radius 1 is 1.03 bits per heavy atom. The largest absolute Gasteiger partial charge is 0.490 e. The average Bonchev–Trinajstić information content (AvgIpc) is 2.77. The molecule has 2 aromatic rings. The fourth-order valence-electron chi connectivity index (χ4n) is 3.66. The summed E-state index contributed by atoms with van der Waals surface area (Å²) >= 11 is 0. The minimum Gasteiger partial charge on any atom is -0.490 e. The lowest BCUT2D eigenvalue weighted by atomic mass is 9.89. The SMILES string of the molecule is CCCCCCNC(C)=O.c1ccc(CC2CNCCC2Oc2ccccc2)cc1. The maximum Gasteiger partial charge on any atom is 0.216 e. The molecule has 2 unspecified atom stereocenters. The minimum atomic E-state index is 0.0801. The Labute approximate surface area is 182 Å². The van der Waals surface area contributed by atoms with Crippen LogP contribution in [0, 0.1) is 5.92 Å². The molecule has 3 rings (SSSR count). The maximum absolute atomic E-state index is 10.4. The van der Waals surface area contributed by atoms with Crippen molar-refractivity contribution in [1.29, 1.82) is 0 Å². The van der Waals surface area contributed by atoms with Crippen LogP contribution < -0.4 is 15.4 Å². The first-order chi connectivity index (χ1) is 14.7. The summed E-state index contributed by atoms with van der Waals surface area (Å²) in [5.41, 5.74) is 1.39. The molecule has 0 aromatic heterocycles. The number of carbonyl (C=O) groups is 1. The van der Waals surface area contributed by atoms with E-state index < -0.39 is 0 Å². The highest BCUT2D eigenvalue weighted by atomic mass is 16.5. The predicted molar refractivity (Wildman–Crippen MR) is 125 cm³/mol. The molecule has 2 atom stereocenters. The zero-order valence-corrected chi connectivity index (χ0v) is 18.6. The molecule has 0 bridgehead atoms. The number of unbranched alkanes of at least 4 members (excludes halogenated alkanes) is 3. The fraction of sp³-hybridized carbons (Fsp3) is 0.500. The molecule has 1 aliphatic heterocycles. The van der Waals surface area contributed by atoms with E-state index in [2.05, 4.69) is 47.9 Å². The first-order valence-corrected chi connectivity index (χ1v) is 11.4. The van der Waals surface area contributed by atoms with Gasteiger partial charge in [-0.3, -0.25) is 4.79 Å². The van der Waals surface area contributed by atoms with Gasteiger partial charge in [-0.05, 0) is 43.5 Å². The van der Waals surface area contributed by atoms with Gasteiger partial charge in [0, 0.05) is 25.9 Å². The van der Waals surface area contributed by atoms with Gasteiger partial charge in [-0.2, -0.15) is 0 Å². The lowest BCUT2D eigenvalue weighted by Crippen LogP contribution is -2.43. The number of hydrogen-bond acceptors (Lipinski definition) is 3. The van der Waals surface area contributed by atoms with Crippen molar-refractivity contribution in [2.45, 2.75) is 58.5 Å². The second-order valence-corrected chi connectivity index (χ2v) is 7.96. The molecular formula is C26H38N2O2. The van der Waals surface area contributed by atoms with E-state index in [0.29, 0.717) is 12.0 Å². The first-order valence-electron chi connectivity index (χ1n) is 11.4. The molecule has 30 heavy (non-hydrogen) atoms. The number of rotatable bonds is 9. The van der Waals surface area contributed by atoms with Gasteiger partial charge in [0.1, 0.15) is 11.9 Å². The Morgan fingerprint density at radius 3 is 2.40 bits per heavy atom. The van der Waals surface area contributed by atoms with E-state index in [4.69, 9.17) is 4.74 Å². The molecule has 2 aromatic carbocycles. The summed E-state index contributed by atoms with van der Waals surface area (Å²) in [6.07, 6.45) is 7.33. The Morgan fingerprint density at radius 2 is 1.73 bits per heavy atom. The second kappa shape index (κ2) is 14.6. The van der Waals surface area contributed by atoms with Gasteiger partial charge in [-0.1, -0.05) is 74.7 Å². The first kappa shape index (κ1) is 23.9. The van der Waals surface area contributed by atoms with Crippen LogP contribution in [0.15, 0.2) is 60.7 Å². The summed E-state index contributed by atoms with van der Waals surface area (Å²) in [6, 6.07) is 20.9. The highest BCUT2D eigenvalue weighted by molar-refractivity contribution is 5.72. The molecule has 0 aliphatic carbocycles. The van der Waals surface area contributed by atoms with E-state index in [9.17, 15) is 4.79 Å². The van der Waals surface area contributed by atoms with Crippen molar-refractivity contribution in [3.8, 4) is 5.75 Å². The van der Waals surface area contributed by atoms with Gasteiger partial charge in [0.15, 0.2) is 0 Å². The third-order valence-electron chi connectivity index (χ3n) is 5.31. The van der Waals surface area contributed by atoms with Gasteiger partial charge < -0.3 is 15.4 Å². The molecule has 164 valence electrons. The zero-order chi connectivity index (χ0) is 21.4. The fourth-order valence-corrected chi connectivity index (χ4v) is 3.66. The zero-order valence-electron chi connectivity index (χ0n) is 18.6.